The van der Waals surface area contributed by atoms with Crippen LogP contribution in [0, 0.1) is 0 Å². The monoisotopic (exact) mass is 334 g/mol. The van der Waals surface area contributed by atoms with Gasteiger partial charge in [0.15, 0.2) is 0 Å². The summed E-state index contributed by atoms with van der Waals surface area (Å²) in [5.74, 6) is 0. The molecule has 0 fully saturated rings. The van der Waals surface area contributed by atoms with E-state index in [-0.39, 0.29) is 17.1 Å². The summed E-state index contributed by atoms with van der Waals surface area (Å²) < 4.78 is 1.16. The molecule has 94 valence electrons. The molecule has 2 aromatic carbocycles. The average molecular weight is 335 g/mol. The van der Waals surface area contributed by atoms with Gasteiger partial charge in [-0.1, -0.05) is 48.5 Å². The third-order valence-electron chi connectivity index (χ3n) is 2.42. The van der Waals surface area contributed by atoms with Crippen molar-refractivity contribution < 1.29 is 17.1 Å². The number of hydrogen-bond donors (Lipinski definition) is 0. The van der Waals surface area contributed by atoms with Crippen LogP contribution in [-0.2, 0) is 23.5 Å². The van der Waals surface area contributed by atoms with Crippen LogP contribution in [0.3, 0.4) is 0 Å². The van der Waals surface area contributed by atoms with E-state index in [4.69, 9.17) is 0 Å². The molecule has 0 nitrogen and oxygen atoms in total. The smallest absolute Gasteiger partial charge is 0.213 e. The van der Waals surface area contributed by atoms with E-state index in [9.17, 15) is 0 Å². The van der Waals surface area contributed by atoms with Crippen LogP contribution >= 0.6 is 15.9 Å². The second kappa shape index (κ2) is 10.8. The van der Waals surface area contributed by atoms with Gasteiger partial charge in [0.25, 0.3) is 0 Å². The summed E-state index contributed by atoms with van der Waals surface area (Å²) in [5.41, 5.74) is 1.49. The molecule has 0 saturated carbocycles. The van der Waals surface area contributed by atoms with Crippen LogP contribution < -0.4 is 0 Å². The molecule has 0 radical (unpaired) electrons. The fourth-order valence-electron chi connectivity index (χ4n) is 1.51. The summed E-state index contributed by atoms with van der Waals surface area (Å²) in [6.45, 7) is 2.24. The Labute approximate surface area is 124 Å². The zero-order valence-corrected chi connectivity index (χ0v) is 12.9. The fourth-order valence-corrected chi connectivity index (χ4v) is 1.82. The minimum atomic E-state index is 0. The minimum Gasteiger partial charge on any atom is -0.213 e. The van der Waals surface area contributed by atoms with Gasteiger partial charge in [-0.15, -0.1) is 4.47 Å². The Morgan fingerprint density at radius 1 is 1.06 bits per heavy atom. The van der Waals surface area contributed by atoms with E-state index in [0.717, 1.165) is 4.47 Å². The number of unbranched alkanes of at least 4 members (excludes halogenated alkanes) is 2. The van der Waals surface area contributed by atoms with Crippen molar-refractivity contribution in [1.82, 2.24) is 0 Å². The fraction of sp³-hybridized carbons (Fsp3) is 0.333. The molecule has 0 N–H and O–H groups in total. The van der Waals surface area contributed by atoms with Crippen molar-refractivity contribution in [1.29, 1.82) is 0 Å². The number of rotatable bonds is 4. The molecule has 0 aliphatic rings. The molecule has 2 heteroatoms. The van der Waals surface area contributed by atoms with Crippen LogP contribution in [0.5, 0.6) is 0 Å². The van der Waals surface area contributed by atoms with Crippen LogP contribution in [0.4, 0.5) is 0 Å². The maximum absolute atomic E-state index is 3.28. The van der Waals surface area contributed by atoms with Crippen molar-refractivity contribution in [2.24, 2.45) is 0 Å². The molecule has 0 aromatic heterocycles. The van der Waals surface area contributed by atoms with E-state index in [1.165, 1.54) is 31.2 Å². The molecule has 0 bridgehead atoms. The Morgan fingerprint density at radius 3 is 2.18 bits per heavy atom. The van der Waals surface area contributed by atoms with E-state index in [2.05, 4.69) is 47.1 Å². The van der Waals surface area contributed by atoms with E-state index in [1.807, 2.05) is 24.3 Å². The van der Waals surface area contributed by atoms with Gasteiger partial charge in [-0.05, 0) is 0 Å². The summed E-state index contributed by atoms with van der Waals surface area (Å²) >= 11 is 3.28. The van der Waals surface area contributed by atoms with Gasteiger partial charge in [-0.3, -0.25) is 0 Å². The van der Waals surface area contributed by atoms with Crippen molar-refractivity contribution in [2.45, 2.75) is 32.6 Å². The molecule has 0 aliphatic heterocycles. The van der Waals surface area contributed by atoms with Gasteiger partial charge in [-0.25, -0.2) is 18.2 Å². The van der Waals surface area contributed by atoms with Gasteiger partial charge < -0.3 is 0 Å². The molecular weight excluding hydrogens is 316 g/mol. The average Bonchev–Trinajstić information content (AvgIpc) is 2.92. The topological polar surface area (TPSA) is 0 Å². The molecule has 0 atom stereocenters. The predicted octanol–water partition coefficient (Wildman–Crippen LogP) is 5.30. The third-order valence-corrected chi connectivity index (χ3v) is 2.95. The quantitative estimate of drug-likeness (QED) is 0.404. The van der Waals surface area contributed by atoms with Crippen LogP contribution in [-0.4, -0.2) is 0 Å². The molecule has 0 unspecified atom stereocenters. The zero-order valence-electron chi connectivity index (χ0n) is 10.2. The standard InChI is InChI=1S/C10H15.C5H4Br.Fe/c1-2-3-4-7-10-8-5-6-9-10;6-5-3-1-2-4-5;/h5-6,8-9H,2-4,7H2,1H3;1-4H;/q2*-1;+2. The molecule has 0 amide bonds. The molecule has 0 heterocycles. The van der Waals surface area contributed by atoms with Gasteiger partial charge in [0.1, 0.15) is 0 Å². The summed E-state index contributed by atoms with van der Waals surface area (Å²) in [6, 6.07) is 16.6. The first-order valence-electron chi connectivity index (χ1n) is 5.90. The summed E-state index contributed by atoms with van der Waals surface area (Å²) in [5, 5.41) is 0. The van der Waals surface area contributed by atoms with Crippen LogP contribution in [0.2, 0.25) is 0 Å². The zero-order chi connectivity index (χ0) is 11.6. The van der Waals surface area contributed by atoms with E-state index in [1.54, 1.807) is 0 Å². The van der Waals surface area contributed by atoms with Gasteiger partial charge in [0.05, 0.1) is 0 Å². The Bertz CT molecular complexity index is 335. The van der Waals surface area contributed by atoms with Gasteiger partial charge in [-0.2, -0.15) is 35.9 Å². The largest absolute Gasteiger partial charge is 2.00 e. The van der Waals surface area contributed by atoms with Gasteiger partial charge in [0.2, 0.25) is 0 Å². The first kappa shape index (κ1) is 16.7. The van der Waals surface area contributed by atoms with Crippen molar-refractivity contribution in [3.8, 4) is 0 Å². The van der Waals surface area contributed by atoms with Crippen molar-refractivity contribution in [3.05, 3.63) is 58.6 Å². The predicted molar refractivity (Wildman–Crippen MR) is 75.0 cm³/mol. The number of aryl methyl sites for hydroxylation is 1. The first-order valence-corrected chi connectivity index (χ1v) is 6.70. The summed E-state index contributed by atoms with van der Waals surface area (Å²) in [4.78, 5) is 0. The SMILES string of the molecule is Brc1ccc[cH-]1.CCCCCc1ccc[cH-]1.[Fe+2]. The number of halogens is 1. The van der Waals surface area contributed by atoms with Crippen LogP contribution in [0.25, 0.3) is 0 Å². The Kier molecular flexibility index (Phi) is 10.6. The van der Waals surface area contributed by atoms with Crippen molar-refractivity contribution in [2.75, 3.05) is 0 Å². The maximum Gasteiger partial charge on any atom is 2.00 e. The molecule has 2 aromatic rings. The Morgan fingerprint density at radius 2 is 1.76 bits per heavy atom. The summed E-state index contributed by atoms with van der Waals surface area (Å²) in [7, 11) is 0. The molecule has 0 saturated heterocycles. The molecular formula is C15H19BrFe. The van der Waals surface area contributed by atoms with Crippen molar-refractivity contribution in [3.63, 3.8) is 0 Å². The summed E-state index contributed by atoms with van der Waals surface area (Å²) in [6.07, 6.45) is 5.30. The first-order chi connectivity index (χ1) is 7.83. The Balaban J connectivity index is 0.000000316. The molecule has 17 heavy (non-hydrogen) atoms. The van der Waals surface area contributed by atoms with Crippen LogP contribution in [0.1, 0.15) is 31.7 Å². The van der Waals surface area contributed by atoms with Gasteiger partial charge in [0, 0.05) is 0 Å². The Hall–Kier alpha value is -0.301. The normalized spacial score (nSPS) is 9.06. The second-order valence-electron chi connectivity index (χ2n) is 3.85. The van der Waals surface area contributed by atoms with E-state index in [0.29, 0.717) is 0 Å². The third kappa shape index (κ3) is 8.43. The van der Waals surface area contributed by atoms with Crippen molar-refractivity contribution >= 4 is 15.9 Å². The molecule has 0 spiro atoms. The van der Waals surface area contributed by atoms with Crippen LogP contribution in [0.15, 0.2) is 53.0 Å². The van der Waals surface area contributed by atoms with E-state index >= 15 is 0 Å². The minimum absolute atomic E-state index is 0. The maximum atomic E-state index is 3.28. The molecule has 2 rings (SSSR count). The number of hydrogen-bond acceptors (Lipinski definition) is 0. The van der Waals surface area contributed by atoms with Gasteiger partial charge >= 0.3 is 17.1 Å². The molecule has 0 aliphatic carbocycles. The second-order valence-corrected chi connectivity index (χ2v) is 4.77. The van der Waals surface area contributed by atoms with E-state index < -0.39 is 0 Å².